The minimum atomic E-state index is -0.00196. The lowest BCUT2D eigenvalue weighted by molar-refractivity contribution is 0.354. The lowest BCUT2D eigenvalue weighted by Crippen LogP contribution is -2.18. The van der Waals surface area contributed by atoms with E-state index in [0.717, 1.165) is 15.6 Å². The van der Waals surface area contributed by atoms with Gasteiger partial charge in [-0.1, -0.05) is 39.7 Å². The third kappa shape index (κ3) is 3.51. The second kappa shape index (κ2) is 7.16. The fourth-order valence-corrected chi connectivity index (χ4v) is 3.03. The van der Waals surface area contributed by atoms with Crippen molar-refractivity contribution < 1.29 is 9.47 Å². The third-order valence-corrected chi connectivity index (χ3v) is 4.21. The molecule has 1 unspecified atom stereocenters. The molecule has 112 valence electrons. The Hall–Kier alpha value is -1.23. The molecule has 0 heterocycles. The van der Waals surface area contributed by atoms with E-state index in [4.69, 9.17) is 21.1 Å². The van der Waals surface area contributed by atoms with Crippen LogP contribution in [0, 0.1) is 0 Å². The Labute approximate surface area is 138 Å². The number of hydrogen-bond donors (Lipinski definition) is 1. The molecule has 21 heavy (non-hydrogen) atoms. The Morgan fingerprint density at radius 2 is 1.76 bits per heavy atom. The molecule has 0 bridgehead atoms. The van der Waals surface area contributed by atoms with Gasteiger partial charge in [0.1, 0.15) is 0 Å². The largest absolute Gasteiger partial charge is 0.493 e. The second-order valence-electron chi connectivity index (χ2n) is 4.51. The quantitative estimate of drug-likeness (QED) is 0.844. The molecule has 3 nitrogen and oxygen atoms in total. The van der Waals surface area contributed by atoms with Crippen molar-refractivity contribution in [3.05, 3.63) is 57.0 Å². The van der Waals surface area contributed by atoms with E-state index in [1.54, 1.807) is 14.2 Å². The zero-order valence-electron chi connectivity index (χ0n) is 12.1. The van der Waals surface area contributed by atoms with Crippen molar-refractivity contribution >= 4 is 27.5 Å². The Morgan fingerprint density at radius 3 is 2.33 bits per heavy atom. The number of methoxy groups -OCH3 is 2. The van der Waals surface area contributed by atoms with Crippen LogP contribution in [0.15, 0.2) is 40.9 Å². The molecular formula is C16H17BrClNO2. The van der Waals surface area contributed by atoms with E-state index in [2.05, 4.69) is 21.2 Å². The minimum absolute atomic E-state index is 0.00196. The fourth-order valence-electron chi connectivity index (χ4n) is 2.28. The molecule has 1 N–H and O–H groups in total. The zero-order chi connectivity index (χ0) is 15.4. The van der Waals surface area contributed by atoms with Gasteiger partial charge >= 0.3 is 0 Å². The van der Waals surface area contributed by atoms with Gasteiger partial charge in [0.2, 0.25) is 0 Å². The van der Waals surface area contributed by atoms with E-state index in [9.17, 15) is 0 Å². The number of ether oxygens (including phenoxy) is 2. The molecule has 0 aromatic heterocycles. The Kier molecular flexibility index (Phi) is 5.51. The molecule has 0 saturated carbocycles. The van der Waals surface area contributed by atoms with E-state index in [0.29, 0.717) is 16.5 Å². The van der Waals surface area contributed by atoms with Crippen molar-refractivity contribution in [2.45, 2.75) is 6.04 Å². The van der Waals surface area contributed by atoms with Crippen molar-refractivity contribution in [1.82, 2.24) is 5.32 Å². The second-order valence-corrected chi connectivity index (χ2v) is 5.80. The van der Waals surface area contributed by atoms with Crippen molar-refractivity contribution in [3.8, 4) is 11.5 Å². The summed E-state index contributed by atoms with van der Waals surface area (Å²) in [5.74, 6) is 1.38. The highest BCUT2D eigenvalue weighted by molar-refractivity contribution is 9.10. The molecule has 0 aliphatic carbocycles. The fraction of sp³-hybridized carbons (Fsp3) is 0.250. The Morgan fingerprint density at radius 1 is 1.10 bits per heavy atom. The van der Waals surface area contributed by atoms with Crippen LogP contribution in [0.25, 0.3) is 0 Å². The first-order valence-electron chi connectivity index (χ1n) is 6.44. The summed E-state index contributed by atoms with van der Waals surface area (Å²) < 4.78 is 11.6. The highest BCUT2D eigenvalue weighted by Crippen LogP contribution is 2.38. The normalized spacial score (nSPS) is 12.0. The maximum Gasteiger partial charge on any atom is 0.161 e. The number of halogens is 2. The molecule has 0 amide bonds. The zero-order valence-corrected chi connectivity index (χ0v) is 14.5. The van der Waals surface area contributed by atoms with Crippen molar-refractivity contribution in [3.63, 3.8) is 0 Å². The van der Waals surface area contributed by atoms with Crippen LogP contribution in [-0.4, -0.2) is 21.3 Å². The Bertz CT molecular complexity index is 634. The summed E-state index contributed by atoms with van der Waals surface area (Å²) in [6.45, 7) is 0. The van der Waals surface area contributed by atoms with Gasteiger partial charge in [0, 0.05) is 9.50 Å². The summed E-state index contributed by atoms with van der Waals surface area (Å²) in [5.41, 5.74) is 2.13. The van der Waals surface area contributed by atoms with Gasteiger partial charge in [0.15, 0.2) is 11.5 Å². The van der Waals surface area contributed by atoms with E-state index >= 15 is 0 Å². The molecule has 5 heteroatoms. The van der Waals surface area contributed by atoms with Crippen molar-refractivity contribution in [1.29, 1.82) is 0 Å². The summed E-state index contributed by atoms with van der Waals surface area (Å²) in [5, 5.41) is 4.02. The minimum Gasteiger partial charge on any atom is -0.493 e. The number of benzene rings is 2. The molecule has 0 fully saturated rings. The van der Waals surface area contributed by atoms with Gasteiger partial charge in [-0.25, -0.2) is 0 Å². The van der Waals surface area contributed by atoms with Gasteiger partial charge in [-0.05, 0) is 42.4 Å². The lowest BCUT2D eigenvalue weighted by atomic mass is 9.98. The van der Waals surface area contributed by atoms with Gasteiger partial charge in [0.05, 0.1) is 20.3 Å². The SMILES string of the molecule is CNC(c1cccc(Cl)c1)c1cc(OC)c(OC)cc1Br. The number of hydrogen-bond acceptors (Lipinski definition) is 3. The van der Waals surface area contributed by atoms with Crippen LogP contribution in [0.5, 0.6) is 11.5 Å². The average Bonchev–Trinajstić information content (AvgIpc) is 2.49. The predicted octanol–water partition coefficient (Wildman–Crippen LogP) is 4.43. The monoisotopic (exact) mass is 369 g/mol. The first-order chi connectivity index (χ1) is 10.1. The van der Waals surface area contributed by atoms with Crippen molar-refractivity contribution in [2.24, 2.45) is 0 Å². The van der Waals surface area contributed by atoms with Crippen LogP contribution in [0.4, 0.5) is 0 Å². The molecule has 0 spiro atoms. The van der Waals surface area contributed by atoms with E-state index < -0.39 is 0 Å². The molecule has 0 aliphatic heterocycles. The molecule has 0 aliphatic rings. The summed E-state index contributed by atoms with van der Waals surface area (Å²) in [6, 6.07) is 11.7. The first kappa shape index (κ1) is 16.1. The predicted molar refractivity (Wildman–Crippen MR) is 89.6 cm³/mol. The summed E-state index contributed by atoms with van der Waals surface area (Å²) in [6.07, 6.45) is 0. The van der Waals surface area contributed by atoms with Gasteiger partial charge in [-0.15, -0.1) is 0 Å². The van der Waals surface area contributed by atoms with Crippen LogP contribution >= 0.6 is 27.5 Å². The molecule has 2 aromatic rings. The van der Waals surface area contributed by atoms with Gasteiger partial charge in [-0.3, -0.25) is 0 Å². The molecule has 2 rings (SSSR count). The molecule has 0 saturated heterocycles. The van der Waals surface area contributed by atoms with Crippen LogP contribution in [0.3, 0.4) is 0 Å². The maximum absolute atomic E-state index is 6.10. The summed E-state index contributed by atoms with van der Waals surface area (Å²) in [4.78, 5) is 0. The summed E-state index contributed by atoms with van der Waals surface area (Å²) in [7, 11) is 5.16. The highest BCUT2D eigenvalue weighted by Gasteiger charge is 2.18. The highest BCUT2D eigenvalue weighted by atomic mass is 79.9. The van der Waals surface area contributed by atoms with E-state index in [1.165, 1.54) is 0 Å². The molecule has 1 atom stereocenters. The average molecular weight is 371 g/mol. The standard InChI is InChI=1S/C16H17BrClNO2/c1-19-16(10-5-4-6-11(18)7-10)12-8-14(20-2)15(21-3)9-13(12)17/h4-9,16,19H,1-3H3. The van der Waals surface area contributed by atoms with Gasteiger partial charge in [0.25, 0.3) is 0 Å². The summed E-state index contributed by atoms with van der Waals surface area (Å²) >= 11 is 9.70. The first-order valence-corrected chi connectivity index (χ1v) is 7.62. The van der Waals surface area contributed by atoms with Gasteiger partial charge < -0.3 is 14.8 Å². The molecular weight excluding hydrogens is 354 g/mol. The smallest absolute Gasteiger partial charge is 0.161 e. The van der Waals surface area contributed by atoms with E-state index in [-0.39, 0.29) is 6.04 Å². The van der Waals surface area contributed by atoms with Crippen LogP contribution in [0.1, 0.15) is 17.2 Å². The topological polar surface area (TPSA) is 30.5 Å². The number of rotatable bonds is 5. The van der Waals surface area contributed by atoms with Gasteiger partial charge in [-0.2, -0.15) is 0 Å². The number of nitrogens with one attached hydrogen (secondary N) is 1. The van der Waals surface area contributed by atoms with Crippen LogP contribution < -0.4 is 14.8 Å². The van der Waals surface area contributed by atoms with Crippen LogP contribution in [-0.2, 0) is 0 Å². The van der Waals surface area contributed by atoms with E-state index in [1.807, 2.05) is 43.4 Å². The molecule has 0 radical (unpaired) electrons. The van der Waals surface area contributed by atoms with Crippen LogP contribution in [0.2, 0.25) is 5.02 Å². The maximum atomic E-state index is 6.10. The third-order valence-electron chi connectivity index (χ3n) is 3.28. The van der Waals surface area contributed by atoms with Crippen molar-refractivity contribution in [2.75, 3.05) is 21.3 Å². The molecule has 2 aromatic carbocycles. The Balaban J connectivity index is 2.52. The lowest BCUT2D eigenvalue weighted by Gasteiger charge is -2.21.